The lowest BCUT2D eigenvalue weighted by Crippen LogP contribution is -2.36. The summed E-state index contributed by atoms with van der Waals surface area (Å²) in [5.41, 5.74) is 4.21. The second-order valence-electron chi connectivity index (χ2n) is 7.08. The van der Waals surface area contributed by atoms with Crippen molar-refractivity contribution in [2.45, 2.75) is 19.8 Å². The minimum atomic E-state index is -0.109. The summed E-state index contributed by atoms with van der Waals surface area (Å²) in [5.74, 6) is 1.15. The van der Waals surface area contributed by atoms with Crippen LogP contribution in [0.3, 0.4) is 0 Å². The van der Waals surface area contributed by atoms with Crippen molar-refractivity contribution in [1.82, 2.24) is 9.88 Å². The number of hydrogen-bond acceptors (Lipinski definition) is 3. The maximum Gasteiger partial charge on any atom is 0.321 e. The monoisotopic (exact) mass is 407 g/mol. The summed E-state index contributed by atoms with van der Waals surface area (Å²) in [6, 6.07) is 17.2. The van der Waals surface area contributed by atoms with Crippen LogP contribution < -0.4 is 10.1 Å². The number of hydrogen-bond donors (Lipinski definition) is 1. The third-order valence-corrected chi connectivity index (χ3v) is 5.28. The number of carbonyl (C=O) groups is 1. The van der Waals surface area contributed by atoms with Gasteiger partial charge in [0.15, 0.2) is 0 Å². The number of amides is 2. The van der Waals surface area contributed by atoms with Crippen molar-refractivity contribution in [3.05, 3.63) is 82.5 Å². The normalized spacial score (nSPS) is 13.4. The van der Waals surface area contributed by atoms with Crippen LogP contribution in [0.15, 0.2) is 60.8 Å². The van der Waals surface area contributed by atoms with Gasteiger partial charge in [0.1, 0.15) is 5.75 Å². The quantitative estimate of drug-likeness (QED) is 0.626. The number of pyridine rings is 1. The Morgan fingerprint density at radius 3 is 2.41 bits per heavy atom. The molecule has 0 saturated carbocycles. The van der Waals surface area contributed by atoms with Gasteiger partial charge in [-0.2, -0.15) is 0 Å². The predicted molar refractivity (Wildman–Crippen MR) is 115 cm³/mol. The zero-order valence-corrected chi connectivity index (χ0v) is 16.9. The van der Waals surface area contributed by atoms with Gasteiger partial charge in [-0.1, -0.05) is 35.9 Å². The van der Waals surface area contributed by atoms with E-state index in [0.29, 0.717) is 35.4 Å². The highest BCUT2D eigenvalue weighted by Gasteiger charge is 2.18. The summed E-state index contributed by atoms with van der Waals surface area (Å²) < 4.78 is 5.80. The summed E-state index contributed by atoms with van der Waals surface area (Å²) >= 11 is 5.97. The smallest absolute Gasteiger partial charge is 0.321 e. The Bertz CT molecular complexity index is 994. The van der Waals surface area contributed by atoms with Crippen LogP contribution in [0.5, 0.6) is 11.6 Å². The molecule has 4 rings (SSSR count). The van der Waals surface area contributed by atoms with Crippen LogP contribution >= 0.6 is 11.6 Å². The molecule has 5 nitrogen and oxygen atoms in total. The number of benzene rings is 2. The first-order chi connectivity index (χ1) is 14.1. The van der Waals surface area contributed by atoms with E-state index >= 15 is 0 Å². The summed E-state index contributed by atoms with van der Waals surface area (Å²) in [6.45, 7) is 3.33. The van der Waals surface area contributed by atoms with Crippen LogP contribution in [0.2, 0.25) is 5.02 Å². The van der Waals surface area contributed by atoms with Gasteiger partial charge >= 0.3 is 6.03 Å². The number of nitrogens with zero attached hydrogens (tertiary/aromatic N) is 2. The molecule has 6 heteroatoms. The molecule has 2 aromatic carbocycles. The molecule has 0 bridgehead atoms. The molecular formula is C23H22ClN3O2. The fourth-order valence-electron chi connectivity index (χ4n) is 3.43. The Morgan fingerprint density at radius 2 is 1.79 bits per heavy atom. The first-order valence-electron chi connectivity index (χ1n) is 9.61. The first-order valence-corrected chi connectivity index (χ1v) is 9.99. The molecule has 148 valence electrons. The Kier molecular flexibility index (Phi) is 5.67. The van der Waals surface area contributed by atoms with Crippen molar-refractivity contribution in [3.8, 4) is 11.6 Å². The van der Waals surface area contributed by atoms with Gasteiger partial charge in [0.2, 0.25) is 5.88 Å². The standard InChI is InChI=1S/C23H22ClN3O2/c1-16-14-19(24)6-8-21(16)29-22-9-7-20(15-25-22)26-23(28)27-12-10-17-4-2-3-5-18(17)11-13-27/h2-9,14-15H,10-13H2,1H3,(H,26,28). The fraction of sp³-hybridized carbons (Fsp3) is 0.217. The maximum atomic E-state index is 12.7. The average Bonchev–Trinajstić information content (AvgIpc) is 2.94. The van der Waals surface area contributed by atoms with Gasteiger partial charge in [0, 0.05) is 24.2 Å². The molecule has 2 heterocycles. The number of anilines is 1. The topological polar surface area (TPSA) is 54.5 Å². The van der Waals surface area contributed by atoms with Crippen LogP contribution in [0.25, 0.3) is 0 Å². The third-order valence-electron chi connectivity index (χ3n) is 5.05. The second-order valence-corrected chi connectivity index (χ2v) is 7.52. The van der Waals surface area contributed by atoms with E-state index in [4.69, 9.17) is 16.3 Å². The van der Waals surface area contributed by atoms with E-state index in [9.17, 15) is 4.79 Å². The van der Waals surface area contributed by atoms with Gasteiger partial charge in [-0.15, -0.1) is 0 Å². The number of aromatic nitrogens is 1. The van der Waals surface area contributed by atoms with Gasteiger partial charge in [0.25, 0.3) is 0 Å². The molecule has 0 saturated heterocycles. The highest BCUT2D eigenvalue weighted by atomic mass is 35.5. The number of nitrogens with one attached hydrogen (secondary N) is 1. The van der Waals surface area contributed by atoms with E-state index in [1.807, 2.05) is 24.0 Å². The summed E-state index contributed by atoms with van der Waals surface area (Å²) in [5, 5.41) is 3.59. The molecule has 0 unspecified atom stereocenters. The Morgan fingerprint density at radius 1 is 1.07 bits per heavy atom. The van der Waals surface area contributed by atoms with Crippen LogP contribution in [-0.4, -0.2) is 29.0 Å². The van der Waals surface area contributed by atoms with Gasteiger partial charge in [-0.25, -0.2) is 9.78 Å². The Labute approximate surface area is 175 Å². The van der Waals surface area contributed by atoms with Crippen molar-refractivity contribution in [1.29, 1.82) is 0 Å². The summed E-state index contributed by atoms with van der Waals surface area (Å²) in [6.07, 6.45) is 3.34. The molecule has 0 aliphatic carbocycles. The van der Waals surface area contributed by atoms with Crippen molar-refractivity contribution >= 4 is 23.3 Å². The first kappa shape index (κ1) is 19.3. The lowest BCUT2D eigenvalue weighted by Gasteiger charge is -2.20. The number of halogens is 1. The molecule has 29 heavy (non-hydrogen) atoms. The van der Waals surface area contributed by atoms with Crippen LogP contribution in [-0.2, 0) is 12.8 Å². The molecule has 0 fully saturated rings. The van der Waals surface area contributed by atoms with Crippen molar-refractivity contribution in [3.63, 3.8) is 0 Å². The van der Waals surface area contributed by atoms with Gasteiger partial charge in [0.05, 0.1) is 11.9 Å². The minimum absolute atomic E-state index is 0.109. The van der Waals surface area contributed by atoms with Crippen molar-refractivity contribution in [2.24, 2.45) is 0 Å². The molecule has 1 N–H and O–H groups in total. The molecule has 1 aliphatic heterocycles. The van der Waals surface area contributed by atoms with Crippen molar-refractivity contribution < 1.29 is 9.53 Å². The highest BCUT2D eigenvalue weighted by molar-refractivity contribution is 6.30. The molecule has 0 spiro atoms. The van der Waals surface area contributed by atoms with E-state index in [-0.39, 0.29) is 6.03 Å². The minimum Gasteiger partial charge on any atom is -0.439 e. The van der Waals surface area contributed by atoms with E-state index in [2.05, 4.69) is 34.6 Å². The number of carbonyl (C=O) groups excluding carboxylic acids is 1. The van der Waals surface area contributed by atoms with E-state index in [0.717, 1.165) is 18.4 Å². The molecule has 1 aliphatic rings. The summed E-state index contributed by atoms with van der Waals surface area (Å²) in [4.78, 5) is 18.8. The van der Waals surface area contributed by atoms with Crippen LogP contribution in [0.1, 0.15) is 16.7 Å². The van der Waals surface area contributed by atoms with E-state index in [1.54, 1.807) is 24.4 Å². The summed E-state index contributed by atoms with van der Waals surface area (Å²) in [7, 11) is 0. The van der Waals surface area contributed by atoms with Crippen LogP contribution in [0, 0.1) is 6.92 Å². The lowest BCUT2D eigenvalue weighted by atomic mass is 10.0. The SMILES string of the molecule is Cc1cc(Cl)ccc1Oc1ccc(NC(=O)N2CCc3ccccc3CC2)cn1. The van der Waals surface area contributed by atoms with Crippen molar-refractivity contribution in [2.75, 3.05) is 18.4 Å². The zero-order valence-electron chi connectivity index (χ0n) is 16.2. The predicted octanol–water partition coefficient (Wildman–Crippen LogP) is 5.47. The van der Waals surface area contributed by atoms with Gasteiger partial charge < -0.3 is 15.0 Å². The van der Waals surface area contributed by atoms with Crippen LogP contribution in [0.4, 0.5) is 10.5 Å². The highest BCUT2D eigenvalue weighted by Crippen LogP contribution is 2.26. The number of fused-ring (bicyclic) bond motifs is 1. The Balaban J connectivity index is 1.37. The zero-order chi connectivity index (χ0) is 20.2. The molecule has 1 aromatic heterocycles. The molecule has 2 amide bonds. The van der Waals surface area contributed by atoms with E-state index < -0.39 is 0 Å². The van der Waals surface area contributed by atoms with Gasteiger partial charge in [-0.3, -0.25) is 0 Å². The largest absolute Gasteiger partial charge is 0.439 e. The third kappa shape index (κ3) is 4.69. The average molecular weight is 408 g/mol. The maximum absolute atomic E-state index is 12.7. The molecule has 3 aromatic rings. The fourth-order valence-corrected chi connectivity index (χ4v) is 3.65. The van der Waals surface area contributed by atoms with E-state index in [1.165, 1.54) is 11.1 Å². The molecule has 0 atom stereocenters. The number of aryl methyl sites for hydroxylation is 1. The number of rotatable bonds is 3. The number of ether oxygens (including phenoxy) is 1. The molecular weight excluding hydrogens is 386 g/mol. The van der Waals surface area contributed by atoms with Gasteiger partial charge in [-0.05, 0) is 60.7 Å². The lowest BCUT2D eigenvalue weighted by molar-refractivity contribution is 0.214. The second kappa shape index (κ2) is 8.53. The Hall–Kier alpha value is -3.05. The molecule has 0 radical (unpaired) electrons. The number of urea groups is 1.